The van der Waals surface area contributed by atoms with Gasteiger partial charge in [-0.2, -0.15) is 0 Å². The summed E-state index contributed by atoms with van der Waals surface area (Å²) in [6.45, 7) is 0. The van der Waals surface area contributed by atoms with Crippen LogP contribution >= 0.6 is 22.9 Å². The molecule has 0 spiro atoms. The molecule has 0 saturated heterocycles. The summed E-state index contributed by atoms with van der Waals surface area (Å²) >= 11 is 7.73. The predicted octanol–water partition coefficient (Wildman–Crippen LogP) is 4.69. The first-order valence-electron chi connectivity index (χ1n) is 6.31. The molecule has 0 aliphatic heterocycles. The summed E-state index contributed by atoms with van der Waals surface area (Å²) in [4.78, 5) is 13.0. The van der Waals surface area contributed by atoms with E-state index in [-0.39, 0.29) is 11.7 Å². The number of ketones is 1. The fraction of sp³-hybridized carbons (Fsp3) is 0.0588. The van der Waals surface area contributed by atoms with Gasteiger partial charge in [-0.1, -0.05) is 36.4 Å². The van der Waals surface area contributed by atoms with Crippen molar-refractivity contribution in [2.75, 3.05) is 0 Å². The lowest BCUT2D eigenvalue weighted by molar-refractivity contribution is 0.101. The van der Waals surface area contributed by atoms with E-state index in [0.29, 0.717) is 11.3 Å². The average molecular weight is 300 g/mol. The van der Waals surface area contributed by atoms with Gasteiger partial charge in [0.2, 0.25) is 0 Å². The van der Waals surface area contributed by atoms with Crippen LogP contribution in [0.3, 0.4) is 0 Å². The van der Waals surface area contributed by atoms with Crippen molar-refractivity contribution in [2.24, 2.45) is 0 Å². The zero-order valence-electron chi connectivity index (χ0n) is 10.6. The van der Waals surface area contributed by atoms with E-state index in [1.807, 2.05) is 55.0 Å². The Morgan fingerprint density at radius 3 is 2.55 bits per heavy atom. The molecule has 5 radical (unpaired) electrons. The van der Waals surface area contributed by atoms with Crippen LogP contribution in [0.2, 0.25) is 0 Å². The van der Waals surface area contributed by atoms with Gasteiger partial charge in [-0.3, -0.25) is 4.79 Å². The molecule has 0 bridgehead atoms. The lowest BCUT2D eigenvalue weighted by Gasteiger charge is -2.30. The van der Waals surface area contributed by atoms with Crippen molar-refractivity contribution < 1.29 is 4.79 Å². The topological polar surface area (TPSA) is 17.1 Å². The molecule has 1 heterocycles. The minimum Gasteiger partial charge on any atom is -0.293 e. The van der Waals surface area contributed by atoms with Gasteiger partial charge < -0.3 is 0 Å². The van der Waals surface area contributed by atoms with E-state index in [4.69, 9.17) is 11.6 Å². The maximum atomic E-state index is 12.3. The Morgan fingerprint density at radius 2 is 1.90 bits per heavy atom. The molecule has 99 valence electrons. The van der Waals surface area contributed by atoms with Gasteiger partial charge >= 0.3 is 0 Å². The SMILES string of the molecule is O=C([C]1[CH][CH]C(c2ccccc2)[CH][C]1Cl)c1cccs1. The van der Waals surface area contributed by atoms with E-state index in [1.165, 1.54) is 16.9 Å². The standard InChI is InChI=1S/C17H12ClOS/c18-15-11-13(12-5-2-1-3-6-12)8-9-14(15)17(19)16-7-4-10-20-16/h1-11,13H. The highest BCUT2D eigenvalue weighted by Crippen LogP contribution is 2.43. The minimum absolute atomic E-state index is 0.0102. The fourth-order valence-electron chi connectivity index (χ4n) is 2.19. The lowest BCUT2D eigenvalue weighted by Crippen LogP contribution is -2.25. The minimum atomic E-state index is -0.0102. The Bertz CT molecular complexity index is 564. The molecule has 1 aromatic heterocycles. The second kappa shape index (κ2) is 6.11. The molecule has 1 aromatic carbocycles. The van der Waals surface area contributed by atoms with Crippen molar-refractivity contribution in [2.45, 2.75) is 5.92 Å². The number of Topliss-reactive ketones (excluding diaryl/α,β-unsaturated/α-hetero) is 1. The van der Waals surface area contributed by atoms with Crippen molar-refractivity contribution in [3.05, 3.63) is 88.8 Å². The smallest absolute Gasteiger partial charge is 0.182 e. The molecule has 0 N–H and O–H groups in total. The van der Waals surface area contributed by atoms with E-state index in [0.717, 1.165) is 4.88 Å². The molecular weight excluding hydrogens is 288 g/mol. The molecule has 1 fully saturated rings. The molecule has 2 aromatic rings. The third kappa shape index (κ3) is 2.82. The van der Waals surface area contributed by atoms with Crippen LogP contribution in [0, 0.1) is 30.6 Å². The number of hydrogen-bond acceptors (Lipinski definition) is 2. The zero-order chi connectivity index (χ0) is 13.9. The second-order valence-electron chi connectivity index (χ2n) is 4.53. The largest absolute Gasteiger partial charge is 0.293 e. The molecule has 1 unspecified atom stereocenters. The molecule has 1 aliphatic carbocycles. The van der Waals surface area contributed by atoms with E-state index in [1.54, 1.807) is 0 Å². The Labute approximate surface area is 128 Å². The average Bonchev–Trinajstić information content (AvgIpc) is 3.01. The molecule has 3 rings (SSSR count). The molecule has 1 aliphatic rings. The van der Waals surface area contributed by atoms with Crippen molar-refractivity contribution in [3.8, 4) is 0 Å². The summed E-state index contributed by atoms with van der Waals surface area (Å²) in [7, 11) is 0. The summed E-state index contributed by atoms with van der Waals surface area (Å²) < 4.78 is 0. The maximum absolute atomic E-state index is 12.3. The number of carbonyl (C=O) groups excluding carboxylic acids is 1. The van der Waals surface area contributed by atoms with Crippen molar-refractivity contribution in [1.82, 2.24) is 0 Å². The molecular formula is C17H12ClOS. The molecule has 1 saturated carbocycles. The fourth-order valence-corrected chi connectivity index (χ4v) is 3.15. The first kappa shape index (κ1) is 13.8. The predicted molar refractivity (Wildman–Crippen MR) is 83.1 cm³/mol. The number of rotatable bonds is 3. The summed E-state index contributed by atoms with van der Waals surface area (Å²) in [5.74, 6) is 0.689. The van der Waals surface area contributed by atoms with Gasteiger partial charge in [-0.05, 0) is 42.2 Å². The monoisotopic (exact) mass is 299 g/mol. The van der Waals surface area contributed by atoms with Crippen molar-refractivity contribution in [3.63, 3.8) is 0 Å². The number of carbonyl (C=O) groups is 1. The van der Waals surface area contributed by atoms with Gasteiger partial charge in [0.15, 0.2) is 5.78 Å². The highest BCUT2D eigenvalue weighted by molar-refractivity contribution is 7.12. The molecule has 1 nitrogen and oxygen atoms in total. The Hall–Kier alpha value is -1.12. The Morgan fingerprint density at radius 1 is 1.10 bits per heavy atom. The number of halogens is 1. The first-order chi connectivity index (χ1) is 9.75. The first-order valence-corrected chi connectivity index (χ1v) is 7.57. The molecule has 20 heavy (non-hydrogen) atoms. The highest BCUT2D eigenvalue weighted by atomic mass is 35.5. The van der Waals surface area contributed by atoms with Crippen molar-refractivity contribution in [1.29, 1.82) is 0 Å². The van der Waals surface area contributed by atoms with Gasteiger partial charge in [0, 0.05) is 0 Å². The number of hydrogen-bond donors (Lipinski definition) is 0. The summed E-state index contributed by atoms with van der Waals surface area (Å²) in [5.41, 5.74) is 1.17. The Kier molecular flexibility index (Phi) is 4.23. The Balaban J connectivity index is 1.70. The number of benzene rings is 1. The summed E-state index contributed by atoms with van der Waals surface area (Å²) in [5, 5.41) is 2.42. The zero-order valence-corrected chi connectivity index (χ0v) is 12.2. The lowest BCUT2D eigenvalue weighted by atomic mass is 9.76. The summed E-state index contributed by atoms with van der Waals surface area (Å²) in [6, 6.07) is 13.8. The van der Waals surface area contributed by atoms with Crippen LogP contribution in [-0.4, -0.2) is 5.78 Å². The van der Waals surface area contributed by atoms with Gasteiger partial charge in [-0.25, -0.2) is 0 Å². The second-order valence-corrected chi connectivity index (χ2v) is 5.89. The highest BCUT2D eigenvalue weighted by Gasteiger charge is 2.37. The van der Waals surface area contributed by atoms with Crippen molar-refractivity contribution >= 4 is 28.7 Å². The van der Waals surface area contributed by atoms with E-state index in [2.05, 4.69) is 12.1 Å². The van der Waals surface area contributed by atoms with Crippen LogP contribution in [0.4, 0.5) is 0 Å². The van der Waals surface area contributed by atoms with Crippen LogP contribution in [0.5, 0.6) is 0 Å². The van der Waals surface area contributed by atoms with Crippen LogP contribution in [-0.2, 0) is 0 Å². The third-order valence-electron chi connectivity index (χ3n) is 3.23. The normalized spacial score (nSPS) is 20.9. The van der Waals surface area contributed by atoms with E-state index >= 15 is 0 Å². The molecule has 1 atom stereocenters. The summed E-state index contributed by atoms with van der Waals surface area (Å²) in [6.07, 6.45) is 5.78. The van der Waals surface area contributed by atoms with Gasteiger partial charge in [0.1, 0.15) is 0 Å². The molecule has 3 heteroatoms. The number of thiophene rings is 1. The van der Waals surface area contributed by atoms with Gasteiger partial charge in [-0.15, -0.1) is 22.9 Å². The molecule has 0 amide bonds. The van der Waals surface area contributed by atoms with E-state index < -0.39 is 0 Å². The van der Waals surface area contributed by atoms with Gasteiger partial charge in [0.05, 0.1) is 16.2 Å². The van der Waals surface area contributed by atoms with E-state index in [9.17, 15) is 4.79 Å². The van der Waals surface area contributed by atoms with Crippen LogP contribution in [0.15, 0.2) is 47.8 Å². The van der Waals surface area contributed by atoms with Crippen LogP contribution in [0.1, 0.15) is 21.2 Å². The van der Waals surface area contributed by atoms with Gasteiger partial charge in [0.25, 0.3) is 0 Å². The maximum Gasteiger partial charge on any atom is 0.182 e. The third-order valence-corrected chi connectivity index (χ3v) is 4.43. The van der Waals surface area contributed by atoms with Crippen LogP contribution in [0.25, 0.3) is 0 Å². The quantitative estimate of drug-likeness (QED) is 0.752. The van der Waals surface area contributed by atoms with Crippen LogP contribution < -0.4 is 0 Å².